The summed E-state index contributed by atoms with van der Waals surface area (Å²) in [6.45, 7) is 0.304. The molecule has 0 saturated heterocycles. The van der Waals surface area contributed by atoms with Gasteiger partial charge in [-0.05, 0) is 35.7 Å². The molecule has 200 valence electrons. The van der Waals surface area contributed by atoms with E-state index < -0.39 is 11.9 Å². The Morgan fingerprint density at radius 3 is 2.36 bits per heavy atom. The first-order valence-electron chi connectivity index (χ1n) is 11.9. The molecule has 0 unspecified atom stereocenters. The third-order valence-electron chi connectivity index (χ3n) is 6.04. The third kappa shape index (κ3) is 5.57. The number of ether oxygens (including phenoxy) is 4. The molecule has 4 N–H and O–H groups in total. The van der Waals surface area contributed by atoms with Crippen molar-refractivity contribution < 1.29 is 23.3 Å². The number of hydrogen-bond acceptors (Lipinski definition) is 9. The van der Waals surface area contributed by atoms with Gasteiger partial charge in [-0.15, -0.1) is 0 Å². The molecule has 0 spiro atoms. The van der Waals surface area contributed by atoms with Crippen molar-refractivity contribution in [1.82, 2.24) is 15.0 Å². The fraction of sp³-hybridized carbons (Fsp3) is 0.179. The van der Waals surface area contributed by atoms with Gasteiger partial charge in [-0.3, -0.25) is 9.97 Å². The van der Waals surface area contributed by atoms with Gasteiger partial charge in [0, 0.05) is 40.9 Å². The van der Waals surface area contributed by atoms with E-state index in [4.69, 9.17) is 42.0 Å². The van der Waals surface area contributed by atoms with Crippen LogP contribution in [0.15, 0.2) is 61.1 Å². The molecule has 2 aromatic carbocycles. The highest BCUT2D eigenvalue weighted by Crippen LogP contribution is 2.37. The topological polar surface area (TPSA) is 128 Å². The molecule has 0 radical (unpaired) electrons. The maximum Gasteiger partial charge on any atom is 0.162 e. The van der Waals surface area contributed by atoms with Crippen LogP contribution in [0.5, 0.6) is 23.0 Å². The van der Waals surface area contributed by atoms with Crippen molar-refractivity contribution in [3.8, 4) is 34.3 Å². The first kappa shape index (κ1) is 26.2. The van der Waals surface area contributed by atoms with E-state index in [9.17, 15) is 4.39 Å². The quantitative estimate of drug-likeness (QED) is 0.243. The second-order valence-electron chi connectivity index (χ2n) is 8.70. The van der Waals surface area contributed by atoms with Gasteiger partial charge < -0.3 is 30.4 Å². The van der Waals surface area contributed by atoms with E-state index in [2.05, 4.69) is 15.0 Å². The molecule has 11 heteroatoms. The number of rotatable bonds is 9. The van der Waals surface area contributed by atoms with Gasteiger partial charge in [-0.2, -0.15) is 0 Å². The van der Waals surface area contributed by atoms with Crippen molar-refractivity contribution in [2.24, 2.45) is 5.73 Å². The molecule has 0 fully saturated rings. The van der Waals surface area contributed by atoms with E-state index in [1.54, 1.807) is 38.9 Å². The molecule has 1 atom stereocenters. The lowest BCUT2D eigenvalue weighted by molar-refractivity contribution is 0.220. The van der Waals surface area contributed by atoms with Crippen LogP contribution >= 0.6 is 11.6 Å². The highest BCUT2D eigenvalue weighted by atomic mass is 35.5. The zero-order chi connectivity index (χ0) is 27.5. The Hall–Kier alpha value is -4.41. The maximum atomic E-state index is 13.3. The third-order valence-corrected chi connectivity index (χ3v) is 6.33. The average Bonchev–Trinajstić information content (AvgIpc) is 2.95. The molecule has 39 heavy (non-hydrogen) atoms. The molecule has 0 saturated carbocycles. The molecule has 5 aromatic rings. The normalized spacial score (nSPS) is 11.9. The first-order valence-corrected chi connectivity index (χ1v) is 12.3. The monoisotopic (exact) mass is 549 g/mol. The molecule has 0 aliphatic heterocycles. The number of hydrogen-bond donors (Lipinski definition) is 2. The van der Waals surface area contributed by atoms with Crippen molar-refractivity contribution in [3.05, 3.63) is 71.9 Å². The van der Waals surface area contributed by atoms with E-state index in [-0.39, 0.29) is 18.2 Å². The molecular formula is C28H25ClFN5O4. The molecule has 3 aromatic heterocycles. The molecule has 0 aliphatic rings. The highest BCUT2D eigenvalue weighted by molar-refractivity contribution is 6.30. The number of pyridine rings is 3. The lowest BCUT2D eigenvalue weighted by Crippen LogP contribution is -2.34. The summed E-state index contributed by atoms with van der Waals surface area (Å²) < 4.78 is 35.7. The number of nitrogens with zero attached hydrogens (tertiary/aromatic N) is 3. The van der Waals surface area contributed by atoms with Gasteiger partial charge in [-0.1, -0.05) is 11.6 Å². The van der Waals surface area contributed by atoms with Crippen molar-refractivity contribution in [3.63, 3.8) is 0 Å². The van der Waals surface area contributed by atoms with Crippen LogP contribution in [0, 0.1) is 5.82 Å². The lowest BCUT2D eigenvalue weighted by Gasteiger charge is -2.15. The minimum atomic E-state index is -0.517. The molecule has 3 heterocycles. The average molecular weight is 550 g/mol. The summed E-state index contributed by atoms with van der Waals surface area (Å²) in [5.74, 6) is 1.89. The Kier molecular flexibility index (Phi) is 7.49. The summed E-state index contributed by atoms with van der Waals surface area (Å²) in [5, 5.41) is 2.39. The van der Waals surface area contributed by atoms with Crippen LogP contribution in [-0.2, 0) is 0 Å². The zero-order valence-corrected chi connectivity index (χ0v) is 21.9. The summed E-state index contributed by atoms with van der Waals surface area (Å²) in [4.78, 5) is 13.4. The fourth-order valence-corrected chi connectivity index (χ4v) is 4.24. The standard InChI is InChI=1S/C28H25ClFN5O4/c1-36-26-8-20-19-7-24(35-28(32)21(19)12-34-25(20)9-27(26)37-2)15-5-18(11-33-10-15)39-14-16(31)13-38-17-3-4-23(30)22(29)6-17/h3-12,16H,13-14,31H2,1-2H3,(H2,32,35)/t16-/m0/s1. The van der Waals surface area contributed by atoms with Crippen LogP contribution in [0.2, 0.25) is 5.02 Å². The number of methoxy groups -OCH3 is 2. The molecule has 0 bridgehead atoms. The number of fused-ring (bicyclic) bond motifs is 3. The van der Waals surface area contributed by atoms with E-state index in [0.717, 1.165) is 16.3 Å². The number of nitrogens with two attached hydrogens (primary N) is 2. The summed E-state index contributed by atoms with van der Waals surface area (Å²) >= 11 is 5.79. The van der Waals surface area contributed by atoms with Crippen LogP contribution in [0.1, 0.15) is 0 Å². The predicted octanol–water partition coefficient (Wildman–Crippen LogP) is 5.02. The maximum absolute atomic E-state index is 13.3. The minimum Gasteiger partial charge on any atom is -0.493 e. The van der Waals surface area contributed by atoms with Gasteiger partial charge in [0.25, 0.3) is 0 Å². The zero-order valence-electron chi connectivity index (χ0n) is 21.2. The lowest BCUT2D eigenvalue weighted by atomic mass is 10.0. The second kappa shape index (κ2) is 11.1. The fourth-order valence-electron chi connectivity index (χ4n) is 4.07. The summed E-state index contributed by atoms with van der Waals surface area (Å²) in [7, 11) is 3.16. The van der Waals surface area contributed by atoms with Crippen LogP contribution in [0.4, 0.5) is 10.2 Å². The van der Waals surface area contributed by atoms with Crippen LogP contribution in [-0.4, -0.2) is 48.4 Å². The summed E-state index contributed by atoms with van der Waals surface area (Å²) in [5.41, 5.74) is 14.5. The molecule has 5 rings (SSSR count). The second-order valence-corrected chi connectivity index (χ2v) is 9.11. The van der Waals surface area contributed by atoms with Crippen molar-refractivity contribution in [2.75, 3.05) is 33.2 Å². The van der Waals surface area contributed by atoms with E-state index >= 15 is 0 Å². The Bertz CT molecular complexity index is 1670. The van der Waals surface area contributed by atoms with Crippen LogP contribution < -0.4 is 30.4 Å². The van der Waals surface area contributed by atoms with Gasteiger partial charge in [0.15, 0.2) is 11.5 Å². The molecule has 0 amide bonds. The van der Waals surface area contributed by atoms with Gasteiger partial charge in [0.1, 0.15) is 36.3 Å². The predicted molar refractivity (Wildman–Crippen MR) is 148 cm³/mol. The van der Waals surface area contributed by atoms with Gasteiger partial charge in [0.05, 0.1) is 42.7 Å². The molecule has 0 aliphatic carbocycles. The van der Waals surface area contributed by atoms with E-state index in [1.807, 2.05) is 18.2 Å². The molecule has 9 nitrogen and oxygen atoms in total. The Labute approximate surface area is 228 Å². The largest absolute Gasteiger partial charge is 0.493 e. The van der Waals surface area contributed by atoms with E-state index in [1.165, 1.54) is 18.2 Å². The van der Waals surface area contributed by atoms with Crippen molar-refractivity contribution in [2.45, 2.75) is 6.04 Å². The van der Waals surface area contributed by atoms with Gasteiger partial charge >= 0.3 is 0 Å². The Morgan fingerprint density at radius 1 is 0.872 bits per heavy atom. The molecular weight excluding hydrogens is 525 g/mol. The van der Waals surface area contributed by atoms with Crippen molar-refractivity contribution in [1.29, 1.82) is 0 Å². The number of anilines is 1. The Balaban J connectivity index is 1.36. The summed E-state index contributed by atoms with van der Waals surface area (Å²) in [6, 6.07) is 11.1. The SMILES string of the molecule is COc1cc2ncc3c(N)nc(-c4cncc(OC[C@@H](N)COc5ccc(F)c(Cl)c5)c4)cc3c2cc1OC. The summed E-state index contributed by atoms with van der Waals surface area (Å²) in [6.07, 6.45) is 4.95. The Morgan fingerprint density at radius 2 is 1.62 bits per heavy atom. The first-order chi connectivity index (χ1) is 18.9. The number of halogens is 2. The van der Waals surface area contributed by atoms with Crippen LogP contribution in [0.25, 0.3) is 32.9 Å². The number of benzene rings is 2. The van der Waals surface area contributed by atoms with Crippen LogP contribution in [0.3, 0.4) is 0 Å². The van der Waals surface area contributed by atoms with Crippen molar-refractivity contribution >= 4 is 39.1 Å². The van der Waals surface area contributed by atoms with Gasteiger partial charge in [-0.25, -0.2) is 9.37 Å². The minimum absolute atomic E-state index is 0.0220. The van der Waals surface area contributed by atoms with Gasteiger partial charge in [0.2, 0.25) is 0 Å². The number of aromatic nitrogens is 3. The highest BCUT2D eigenvalue weighted by Gasteiger charge is 2.14. The smallest absolute Gasteiger partial charge is 0.162 e. The van der Waals surface area contributed by atoms with E-state index in [0.29, 0.717) is 45.5 Å². The number of nitrogen functional groups attached to an aromatic ring is 1.